The Hall–Kier alpha value is -1.49. The largest absolute Gasteiger partial charge is 0.480 e. The van der Waals surface area contributed by atoms with Crippen molar-refractivity contribution in [2.75, 3.05) is 13.1 Å². The number of carboxylic acids is 1. The molecule has 0 fully saturated rings. The van der Waals surface area contributed by atoms with Crippen LogP contribution in [0.3, 0.4) is 0 Å². The summed E-state index contributed by atoms with van der Waals surface area (Å²) in [6.07, 6.45) is 1.90. The van der Waals surface area contributed by atoms with Gasteiger partial charge in [0.2, 0.25) is 0 Å². The van der Waals surface area contributed by atoms with Crippen LogP contribution in [0.1, 0.15) is 32.0 Å². The van der Waals surface area contributed by atoms with Crippen LogP contribution < -0.4 is 0 Å². The first-order valence-corrected chi connectivity index (χ1v) is 5.65. The molecule has 0 aromatic carbocycles. The first-order chi connectivity index (χ1) is 8.08. The van der Waals surface area contributed by atoms with Crippen LogP contribution in [0.15, 0.2) is 18.3 Å². The van der Waals surface area contributed by atoms with Gasteiger partial charge in [0.15, 0.2) is 0 Å². The van der Waals surface area contributed by atoms with Crippen molar-refractivity contribution >= 4 is 5.97 Å². The van der Waals surface area contributed by atoms with Gasteiger partial charge in [0, 0.05) is 0 Å². The van der Waals surface area contributed by atoms with E-state index in [1.807, 2.05) is 18.7 Å². The molecule has 0 aliphatic carbocycles. The zero-order valence-corrected chi connectivity index (χ0v) is 10.1. The van der Waals surface area contributed by atoms with Gasteiger partial charge in [-0.25, -0.2) is 4.39 Å². The van der Waals surface area contributed by atoms with E-state index in [-0.39, 0.29) is 18.4 Å². The normalized spacial score (nSPS) is 12.7. The Balaban J connectivity index is 2.88. The molecule has 0 aliphatic heterocycles. The van der Waals surface area contributed by atoms with Crippen LogP contribution >= 0.6 is 0 Å². The average molecular weight is 240 g/mol. The topological polar surface area (TPSA) is 53.4 Å². The average Bonchev–Trinajstić information content (AvgIpc) is 2.30. The highest BCUT2D eigenvalue weighted by molar-refractivity contribution is 5.69. The molecule has 1 aromatic rings. The lowest BCUT2D eigenvalue weighted by molar-refractivity contribution is -0.139. The molecule has 0 radical (unpaired) electrons. The second kappa shape index (κ2) is 6.30. The number of halogens is 1. The van der Waals surface area contributed by atoms with Crippen LogP contribution in [-0.2, 0) is 4.79 Å². The molecule has 17 heavy (non-hydrogen) atoms. The van der Waals surface area contributed by atoms with Gasteiger partial charge in [0.1, 0.15) is 5.82 Å². The van der Waals surface area contributed by atoms with Crippen molar-refractivity contribution in [1.29, 1.82) is 0 Å². The van der Waals surface area contributed by atoms with E-state index >= 15 is 0 Å². The van der Waals surface area contributed by atoms with Gasteiger partial charge in [0.05, 0.1) is 24.5 Å². The maximum atomic E-state index is 12.8. The molecule has 0 amide bonds. The number of carboxylic acid groups (broad SMARTS) is 1. The molecule has 0 saturated carbocycles. The summed E-state index contributed by atoms with van der Waals surface area (Å²) in [6, 6.07) is 2.87. The molecule has 94 valence electrons. The third-order valence-electron chi connectivity index (χ3n) is 2.66. The Bertz CT molecular complexity index is 367. The van der Waals surface area contributed by atoms with Gasteiger partial charge in [-0.2, -0.15) is 0 Å². The van der Waals surface area contributed by atoms with Crippen molar-refractivity contribution in [3.8, 4) is 0 Å². The molecular weight excluding hydrogens is 223 g/mol. The second-order valence-electron chi connectivity index (χ2n) is 3.78. The fourth-order valence-corrected chi connectivity index (χ4v) is 1.85. The van der Waals surface area contributed by atoms with Crippen LogP contribution in [0.25, 0.3) is 0 Å². The highest BCUT2D eigenvalue weighted by Crippen LogP contribution is 2.21. The summed E-state index contributed by atoms with van der Waals surface area (Å²) in [5, 5.41) is 8.83. The lowest BCUT2D eigenvalue weighted by Gasteiger charge is -2.27. The molecule has 5 heteroatoms. The lowest BCUT2D eigenvalue weighted by atomic mass is 10.1. The molecule has 0 aliphatic rings. The minimum Gasteiger partial charge on any atom is -0.480 e. The third-order valence-corrected chi connectivity index (χ3v) is 2.66. The fourth-order valence-electron chi connectivity index (χ4n) is 1.85. The van der Waals surface area contributed by atoms with Crippen LogP contribution in [0.4, 0.5) is 4.39 Å². The third kappa shape index (κ3) is 3.78. The Morgan fingerprint density at radius 3 is 2.65 bits per heavy atom. The quantitative estimate of drug-likeness (QED) is 0.827. The van der Waals surface area contributed by atoms with E-state index in [0.29, 0.717) is 12.2 Å². The zero-order valence-electron chi connectivity index (χ0n) is 10.1. The maximum Gasteiger partial charge on any atom is 0.317 e. The van der Waals surface area contributed by atoms with Crippen LogP contribution in [0.2, 0.25) is 0 Å². The van der Waals surface area contributed by atoms with Gasteiger partial charge in [-0.05, 0) is 25.1 Å². The number of aromatic nitrogens is 1. The minimum atomic E-state index is -0.868. The molecule has 1 aromatic heterocycles. The minimum absolute atomic E-state index is 0.0337. The fraction of sp³-hybridized carbons (Fsp3) is 0.500. The van der Waals surface area contributed by atoms with Crippen molar-refractivity contribution in [3.05, 3.63) is 29.8 Å². The van der Waals surface area contributed by atoms with Gasteiger partial charge in [-0.3, -0.25) is 14.7 Å². The van der Waals surface area contributed by atoms with E-state index in [9.17, 15) is 9.18 Å². The van der Waals surface area contributed by atoms with E-state index in [1.165, 1.54) is 6.07 Å². The van der Waals surface area contributed by atoms with Gasteiger partial charge in [-0.15, -0.1) is 0 Å². The first-order valence-electron chi connectivity index (χ1n) is 5.65. The van der Waals surface area contributed by atoms with Crippen LogP contribution in [0, 0.1) is 5.82 Å². The van der Waals surface area contributed by atoms with Gasteiger partial charge in [0.25, 0.3) is 0 Å². The number of nitrogens with zero attached hydrogens (tertiary/aromatic N) is 2. The zero-order chi connectivity index (χ0) is 12.8. The molecule has 0 bridgehead atoms. The highest BCUT2D eigenvalue weighted by atomic mass is 19.1. The maximum absolute atomic E-state index is 12.8. The van der Waals surface area contributed by atoms with Crippen molar-refractivity contribution in [2.45, 2.75) is 26.3 Å². The number of hydrogen-bond donors (Lipinski definition) is 1. The summed E-state index contributed by atoms with van der Waals surface area (Å²) >= 11 is 0. The summed E-state index contributed by atoms with van der Waals surface area (Å²) in [7, 11) is 0. The molecule has 1 rings (SSSR count). The van der Waals surface area contributed by atoms with E-state index in [4.69, 9.17) is 5.11 Å². The summed E-state index contributed by atoms with van der Waals surface area (Å²) < 4.78 is 12.8. The second-order valence-corrected chi connectivity index (χ2v) is 3.78. The van der Waals surface area contributed by atoms with E-state index < -0.39 is 5.97 Å². The highest BCUT2D eigenvalue weighted by Gasteiger charge is 2.20. The predicted molar refractivity (Wildman–Crippen MR) is 62.1 cm³/mol. The van der Waals surface area contributed by atoms with Crippen molar-refractivity contribution in [2.24, 2.45) is 0 Å². The van der Waals surface area contributed by atoms with E-state index in [1.54, 1.807) is 6.07 Å². The summed E-state index contributed by atoms with van der Waals surface area (Å²) in [4.78, 5) is 16.6. The Labute approximate surface area is 100 Å². The SMILES string of the molecule is CCC(c1ccc(F)cn1)N(CC)CC(=O)O. The standard InChI is InChI=1S/C12H17FN2O2/c1-3-11(15(4-2)8-12(16)17)10-6-5-9(13)7-14-10/h5-7,11H,3-4,8H2,1-2H3,(H,16,17). The van der Waals surface area contributed by atoms with Gasteiger partial charge < -0.3 is 5.11 Å². The summed E-state index contributed by atoms with van der Waals surface area (Å²) in [5.74, 6) is -1.25. The van der Waals surface area contributed by atoms with E-state index in [0.717, 1.165) is 12.6 Å². The molecule has 1 N–H and O–H groups in total. The van der Waals surface area contributed by atoms with E-state index in [2.05, 4.69) is 4.98 Å². The van der Waals surface area contributed by atoms with Crippen LogP contribution in [0.5, 0.6) is 0 Å². The molecule has 0 spiro atoms. The number of pyridine rings is 1. The molecule has 1 atom stereocenters. The number of hydrogen-bond acceptors (Lipinski definition) is 3. The van der Waals surface area contributed by atoms with Crippen molar-refractivity contribution in [1.82, 2.24) is 9.88 Å². The summed E-state index contributed by atoms with van der Waals surface area (Å²) in [6.45, 7) is 4.44. The molecule has 4 nitrogen and oxygen atoms in total. The predicted octanol–water partition coefficient (Wildman–Crippen LogP) is 2.08. The Morgan fingerprint density at radius 1 is 1.53 bits per heavy atom. The molecule has 0 saturated heterocycles. The van der Waals surface area contributed by atoms with Crippen LogP contribution in [-0.4, -0.2) is 34.0 Å². The molecule has 1 unspecified atom stereocenters. The molecular formula is C12H17FN2O2. The first kappa shape index (κ1) is 13.6. The Morgan fingerprint density at radius 2 is 2.24 bits per heavy atom. The number of likely N-dealkylation sites (N-methyl/N-ethyl adjacent to an activating group) is 1. The number of carbonyl (C=O) groups is 1. The van der Waals surface area contributed by atoms with Crippen molar-refractivity contribution < 1.29 is 14.3 Å². The smallest absolute Gasteiger partial charge is 0.317 e. The van der Waals surface area contributed by atoms with Gasteiger partial charge >= 0.3 is 5.97 Å². The van der Waals surface area contributed by atoms with Gasteiger partial charge in [-0.1, -0.05) is 13.8 Å². The number of aliphatic carboxylic acids is 1. The number of rotatable bonds is 6. The lowest BCUT2D eigenvalue weighted by Crippen LogP contribution is -2.33. The monoisotopic (exact) mass is 240 g/mol. The molecule has 1 heterocycles. The Kier molecular flexibility index (Phi) is 5.03. The summed E-state index contributed by atoms with van der Waals surface area (Å²) in [5.41, 5.74) is 0.706. The van der Waals surface area contributed by atoms with Crippen molar-refractivity contribution in [3.63, 3.8) is 0 Å².